The fourth-order valence-electron chi connectivity index (χ4n) is 2.50. The zero-order valence-electron chi connectivity index (χ0n) is 11.0. The first-order chi connectivity index (χ1) is 10.2. The van der Waals surface area contributed by atoms with Crippen LogP contribution in [0.4, 0.5) is 0 Å². The Morgan fingerprint density at radius 2 is 1.95 bits per heavy atom. The third-order valence-corrected chi connectivity index (χ3v) is 3.93. The third kappa shape index (κ3) is 1.97. The van der Waals surface area contributed by atoms with Gasteiger partial charge < -0.3 is 9.47 Å². The van der Waals surface area contributed by atoms with Crippen molar-refractivity contribution in [3.8, 4) is 5.75 Å². The van der Waals surface area contributed by atoms with Gasteiger partial charge in [0.2, 0.25) is 17.7 Å². The van der Waals surface area contributed by atoms with E-state index in [-0.39, 0.29) is 5.78 Å². The van der Waals surface area contributed by atoms with E-state index in [0.29, 0.717) is 16.3 Å². The molecule has 4 rings (SSSR count). The van der Waals surface area contributed by atoms with Crippen LogP contribution in [0.3, 0.4) is 0 Å². The summed E-state index contributed by atoms with van der Waals surface area (Å²) in [5.41, 5.74) is 0.466. The Bertz CT molecular complexity index is 754. The molecule has 2 aliphatic rings. The lowest BCUT2D eigenvalue weighted by Crippen LogP contribution is -2.32. The summed E-state index contributed by atoms with van der Waals surface area (Å²) in [4.78, 5) is 12.6. The number of carbonyl (C=O) groups is 1. The highest BCUT2D eigenvalue weighted by Gasteiger charge is 2.66. The number of rotatable bonds is 2. The minimum absolute atomic E-state index is 0.108. The molecule has 2 unspecified atom stereocenters. The lowest BCUT2D eigenvalue weighted by molar-refractivity contribution is 0.0902. The summed E-state index contributed by atoms with van der Waals surface area (Å²) in [6.45, 7) is 0. The predicted molar refractivity (Wildman–Crippen MR) is 79.5 cm³/mol. The summed E-state index contributed by atoms with van der Waals surface area (Å²) in [7, 11) is 0. The van der Waals surface area contributed by atoms with Crippen molar-refractivity contribution in [1.82, 2.24) is 0 Å². The van der Waals surface area contributed by atoms with Gasteiger partial charge in [-0.2, -0.15) is 0 Å². The van der Waals surface area contributed by atoms with Crippen molar-refractivity contribution in [2.24, 2.45) is 0 Å². The quantitative estimate of drug-likeness (QED) is 0.793. The first kappa shape index (κ1) is 12.6. The van der Waals surface area contributed by atoms with Gasteiger partial charge in [0.25, 0.3) is 0 Å². The first-order valence-corrected chi connectivity index (χ1v) is 7.00. The number of epoxide rings is 1. The highest BCUT2D eigenvalue weighted by molar-refractivity contribution is 6.31. The summed E-state index contributed by atoms with van der Waals surface area (Å²) in [5, 5.41) is 0.506. The largest absolute Gasteiger partial charge is 0.460 e. The Kier molecular flexibility index (Phi) is 2.67. The van der Waals surface area contributed by atoms with Gasteiger partial charge in [-0.25, -0.2) is 0 Å². The van der Waals surface area contributed by atoms with Crippen LogP contribution in [-0.4, -0.2) is 17.7 Å². The van der Waals surface area contributed by atoms with Crippen LogP contribution in [0.15, 0.2) is 54.6 Å². The molecule has 2 heterocycles. The molecule has 2 aliphatic heterocycles. The van der Waals surface area contributed by atoms with E-state index in [9.17, 15) is 4.79 Å². The Balaban J connectivity index is 1.69. The average Bonchev–Trinajstić information content (AvgIpc) is 3.22. The van der Waals surface area contributed by atoms with Crippen LogP contribution >= 0.6 is 11.6 Å². The smallest absolute Gasteiger partial charge is 0.242 e. The highest BCUT2D eigenvalue weighted by Crippen LogP contribution is 2.48. The van der Waals surface area contributed by atoms with Crippen molar-refractivity contribution < 1.29 is 14.3 Å². The van der Waals surface area contributed by atoms with Crippen LogP contribution < -0.4 is 4.74 Å². The lowest BCUT2D eigenvalue weighted by atomic mass is 9.93. The maximum absolute atomic E-state index is 12.6. The van der Waals surface area contributed by atoms with E-state index in [1.165, 1.54) is 0 Å². The van der Waals surface area contributed by atoms with Crippen molar-refractivity contribution in [3.63, 3.8) is 0 Å². The Morgan fingerprint density at radius 1 is 1.14 bits per heavy atom. The van der Waals surface area contributed by atoms with E-state index >= 15 is 0 Å². The zero-order valence-corrected chi connectivity index (χ0v) is 11.7. The van der Waals surface area contributed by atoms with Gasteiger partial charge >= 0.3 is 0 Å². The number of benzene rings is 2. The van der Waals surface area contributed by atoms with Gasteiger partial charge in [0.1, 0.15) is 5.75 Å². The molecule has 2 aromatic rings. The van der Waals surface area contributed by atoms with Crippen LogP contribution in [0.25, 0.3) is 6.08 Å². The van der Waals surface area contributed by atoms with Crippen molar-refractivity contribution in [2.45, 2.75) is 11.9 Å². The summed E-state index contributed by atoms with van der Waals surface area (Å²) >= 11 is 5.96. The molecular weight excluding hydrogens is 288 g/mol. The van der Waals surface area contributed by atoms with E-state index in [4.69, 9.17) is 21.1 Å². The molecule has 104 valence electrons. The molecule has 2 atom stereocenters. The second kappa shape index (κ2) is 4.45. The zero-order chi connectivity index (χ0) is 14.4. The standard InChI is InChI=1S/C17H11ClO3/c18-12-6-7-14-13(10-12)15(19)17(16(20-14)21-17)9-8-11-4-2-1-3-5-11/h1-10,16H/b9-8+. The lowest BCUT2D eigenvalue weighted by Gasteiger charge is -2.17. The molecule has 0 bridgehead atoms. The third-order valence-electron chi connectivity index (χ3n) is 3.69. The maximum Gasteiger partial charge on any atom is 0.242 e. The Morgan fingerprint density at radius 3 is 2.76 bits per heavy atom. The fourth-order valence-corrected chi connectivity index (χ4v) is 2.67. The molecule has 0 N–H and O–H groups in total. The summed E-state index contributed by atoms with van der Waals surface area (Å²) < 4.78 is 11.2. The van der Waals surface area contributed by atoms with Crippen molar-refractivity contribution in [1.29, 1.82) is 0 Å². The molecule has 3 nitrogen and oxygen atoms in total. The number of Topliss-reactive ketones (excluding diaryl/α,β-unsaturated/α-hetero) is 1. The highest BCUT2D eigenvalue weighted by atomic mass is 35.5. The minimum Gasteiger partial charge on any atom is -0.460 e. The van der Waals surface area contributed by atoms with E-state index in [1.807, 2.05) is 36.4 Å². The van der Waals surface area contributed by atoms with Gasteiger partial charge in [-0.1, -0.05) is 48.0 Å². The first-order valence-electron chi connectivity index (χ1n) is 6.62. The number of hydrogen-bond acceptors (Lipinski definition) is 3. The van der Waals surface area contributed by atoms with Gasteiger partial charge in [-0.3, -0.25) is 4.79 Å². The number of halogens is 1. The van der Waals surface area contributed by atoms with E-state index in [1.54, 1.807) is 24.3 Å². The molecule has 0 saturated carbocycles. The minimum atomic E-state index is -1.01. The molecule has 0 amide bonds. The average molecular weight is 299 g/mol. The van der Waals surface area contributed by atoms with Crippen molar-refractivity contribution in [3.05, 3.63) is 70.8 Å². The number of fused-ring (bicyclic) bond motifs is 2. The fraction of sp³-hybridized carbons (Fsp3) is 0.118. The monoisotopic (exact) mass is 298 g/mol. The topological polar surface area (TPSA) is 38.8 Å². The van der Waals surface area contributed by atoms with Gasteiger partial charge in [0, 0.05) is 5.02 Å². The van der Waals surface area contributed by atoms with E-state index in [0.717, 1.165) is 5.56 Å². The van der Waals surface area contributed by atoms with Gasteiger partial charge in [0.05, 0.1) is 5.56 Å². The maximum atomic E-state index is 12.6. The molecule has 0 aliphatic carbocycles. The van der Waals surface area contributed by atoms with Crippen LogP contribution in [0, 0.1) is 0 Å². The van der Waals surface area contributed by atoms with Crippen LogP contribution in [0.2, 0.25) is 5.02 Å². The predicted octanol–water partition coefficient (Wildman–Crippen LogP) is 3.72. The normalized spacial score (nSPS) is 26.1. The molecule has 0 spiro atoms. The molecule has 2 aromatic carbocycles. The second-order valence-electron chi connectivity index (χ2n) is 5.07. The van der Waals surface area contributed by atoms with Crippen molar-refractivity contribution >= 4 is 23.5 Å². The Labute approximate surface area is 126 Å². The summed E-state index contributed by atoms with van der Waals surface area (Å²) in [6.07, 6.45) is 3.09. The van der Waals surface area contributed by atoms with Gasteiger partial charge in [-0.15, -0.1) is 0 Å². The molecule has 21 heavy (non-hydrogen) atoms. The Hall–Kier alpha value is -2.10. The molecule has 0 radical (unpaired) electrons. The van der Waals surface area contributed by atoms with Crippen molar-refractivity contribution in [2.75, 3.05) is 0 Å². The van der Waals surface area contributed by atoms with Gasteiger partial charge in [-0.05, 0) is 29.8 Å². The summed E-state index contributed by atoms with van der Waals surface area (Å²) in [5.74, 6) is 0.416. The number of ether oxygens (including phenoxy) is 2. The van der Waals surface area contributed by atoms with E-state index in [2.05, 4.69) is 0 Å². The van der Waals surface area contributed by atoms with Crippen LogP contribution in [0.1, 0.15) is 15.9 Å². The van der Waals surface area contributed by atoms with E-state index < -0.39 is 11.9 Å². The summed E-state index contributed by atoms with van der Waals surface area (Å²) in [6, 6.07) is 14.8. The molecule has 1 fully saturated rings. The second-order valence-corrected chi connectivity index (χ2v) is 5.51. The molecule has 0 aromatic heterocycles. The molecule has 1 saturated heterocycles. The number of ketones is 1. The number of carbonyl (C=O) groups excluding carboxylic acids is 1. The van der Waals surface area contributed by atoms with Gasteiger partial charge in [0.15, 0.2) is 0 Å². The molecular formula is C17H11ClO3. The van der Waals surface area contributed by atoms with Crippen LogP contribution in [0.5, 0.6) is 5.75 Å². The molecule has 4 heteroatoms. The SMILES string of the molecule is O=C1c2cc(Cl)ccc2OC2OC12/C=C/c1ccccc1. The number of hydrogen-bond donors (Lipinski definition) is 0. The van der Waals surface area contributed by atoms with Crippen LogP contribution in [-0.2, 0) is 4.74 Å².